The van der Waals surface area contributed by atoms with Gasteiger partial charge in [-0.05, 0) is 11.6 Å². The van der Waals surface area contributed by atoms with Crippen LogP contribution in [0.25, 0.3) is 0 Å². The molecule has 6 nitrogen and oxygen atoms in total. The summed E-state index contributed by atoms with van der Waals surface area (Å²) in [5.74, 6) is -0.715. The molecule has 0 bridgehead atoms. The fraction of sp³-hybridized carbons (Fsp3) is 0.182. The maximum absolute atomic E-state index is 12.6. The normalized spacial score (nSPS) is 18.6. The second-order valence-electron chi connectivity index (χ2n) is 6.31. The molecule has 0 radical (unpaired) electrons. The Bertz CT molecular complexity index is 879. The molecular formula is C22H22N2O4. The van der Waals surface area contributed by atoms with Crippen molar-refractivity contribution in [1.29, 1.82) is 0 Å². The summed E-state index contributed by atoms with van der Waals surface area (Å²) in [5, 5.41) is 5.34. The summed E-state index contributed by atoms with van der Waals surface area (Å²) in [5.41, 5.74) is 1.97. The number of hydrogen-bond acceptors (Lipinski definition) is 4. The molecule has 0 aliphatic carbocycles. The Morgan fingerprint density at radius 3 is 2.57 bits per heavy atom. The van der Waals surface area contributed by atoms with Gasteiger partial charge < -0.3 is 20.1 Å². The third-order valence-corrected chi connectivity index (χ3v) is 4.36. The highest BCUT2D eigenvalue weighted by Gasteiger charge is 2.40. The lowest BCUT2D eigenvalue weighted by atomic mass is 9.88. The van der Waals surface area contributed by atoms with E-state index in [1.54, 1.807) is 6.07 Å². The number of amides is 2. The molecule has 0 saturated carbocycles. The van der Waals surface area contributed by atoms with Crippen LogP contribution >= 0.6 is 0 Å². The number of esters is 1. The van der Waals surface area contributed by atoms with Gasteiger partial charge in [0.1, 0.15) is 24.9 Å². The maximum Gasteiger partial charge on any atom is 0.319 e. The summed E-state index contributed by atoms with van der Waals surface area (Å²) in [6.07, 6.45) is 1.49. The van der Waals surface area contributed by atoms with Gasteiger partial charge >= 0.3 is 12.0 Å². The van der Waals surface area contributed by atoms with E-state index in [4.69, 9.17) is 9.47 Å². The number of urea groups is 1. The van der Waals surface area contributed by atoms with Gasteiger partial charge in [-0.1, -0.05) is 67.8 Å². The van der Waals surface area contributed by atoms with Crippen LogP contribution in [0.3, 0.4) is 0 Å². The molecule has 1 heterocycles. The molecule has 0 aromatic heterocycles. The van der Waals surface area contributed by atoms with Crippen molar-refractivity contribution in [1.82, 2.24) is 10.6 Å². The Kier molecular flexibility index (Phi) is 6.11. The lowest BCUT2D eigenvalue weighted by molar-refractivity contribution is -0.147. The highest BCUT2D eigenvalue weighted by Crippen LogP contribution is 2.35. The van der Waals surface area contributed by atoms with Gasteiger partial charge in [0.2, 0.25) is 0 Å². The standard InChI is InChI=1S/C22H22N2O4/c1-3-13-27-21(25)19-15(2)23-22(26)24-20(19)17-11-7-8-12-18(17)28-14-16-9-5-4-6-10-16/h3-12,19-20H,1-2,13-14H2,(H2,23,24,26)/t19-,20+/m1/s1. The zero-order valence-corrected chi connectivity index (χ0v) is 15.4. The van der Waals surface area contributed by atoms with Crippen molar-refractivity contribution in [2.24, 2.45) is 5.92 Å². The summed E-state index contributed by atoms with van der Waals surface area (Å²) < 4.78 is 11.2. The van der Waals surface area contributed by atoms with Crippen molar-refractivity contribution in [2.75, 3.05) is 6.61 Å². The van der Waals surface area contributed by atoms with Gasteiger partial charge in [0, 0.05) is 11.3 Å². The van der Waals surface area contributed by atoms with E-state index in [1.165, 1.54) is 6.08 Å². The molecule has 0 unspecified atom stereocenters. The maximum atomic E-state index is 12.6. The molecule has 28 heavy (non-hydrogen) atoms. The van der Waals surface area contributed by atoms with Gasteiger partial charge in [0.25, 0.3) is 0 Å². The molecule has 2 aromatic rings. The Balaban J connectivity index is 1.88. The zero-order chi connectivity index (χ0) is 19.9. The molecule has 2 N–H and O–H groups in total. The minimum absolute atomic E-state index is 0.0788. The van der Waals surface area contributed by atoms with Crippen LogP contribution in [0, 0.1) is 5.92 Å². The molecule has 1 saturated heterocycles. The zero-order valence-electron chi connectivity index (χ0n) is 15.4. The van der Waals surface area contributed by atoms with Gasteiger partial charge in [-0.2, -0.15) is 0 Å². The molecule has 2 aromatic carbocycles. The quantitative estimate of drug-likeness (QED) is 0.571. The number of carbonyl (C=O) groups is 2. The first-order chi connectivity index (χ1) is 13.6. The van der Waals surface area contributed by atoms with Crippen molar-refractivity contribution in [2.45, 2.75) is 12.6 Å². The van der Waals surface area contributed by atoms with E-state index in [1.807, 2.05) is 48.5 Å². The van der Waals surface area contributed by atoms with E-state index < -0.39 is 24.0 Å². The van der Waals surface area contributed by atoms with Gasteiger partial charge in [-0.25, -0.2) is 4.79 Å². The lowest BCUT2D eigenvalue weighted by Crippen LogP contribution is -2.51. The number of hydrogen-bond donors (Lipinski definition) is 2. The van der Waals surface area contributed by atoms with E-state index in [0.717, 1.165) is 5.56 Å². The van der Waals surface area contributed by atoms with Crippen LogP contribution in [0.1, 0.15) is 17.2 Å². The molecule has 1 aliphatic heterocycles. The average molecular weight is 378 g/mol. The first-order valence-corrected chi connectivity index (χ1v) is 8.89. The van der Waals surface area contributed by atoms with Crippen LogP contribution < -0.4 is 15.4 Å². The molecule has 1 aliphatic rings. The number of rotatable bonds is 7. The van der Waals surface area contributed by atoms with E-state index >= 15 is 0 Å². The summed E-state index contributed by atoms with van der Waals surface area (Å²) in [6, 6.07) is 15.9. The Morgan fingerprint density at radius 2 is 1.82 bits per heavy atom. The second kappa shape index (κ2) is 8.90. The largest absolute Gasteiger partial charge is 0.489 e. The summed E-state index contributed by atoms with van der Waals surface area (Å²) in [4.78, 5) is 24.6. The van der Waals surface area contributed by atoms with E-state index in [9.17, 15) is 9.59 Å². The minimum atomic E-state index is -0.792. The van der Waals surface area contributed by atoms with Crippen molar-refractivity contribution in [3.8, 4) is 5.75 Å². The van der Waals surface area contributed by atoms with E-state index in [0.29, 0.717) is 17.9 Å². The second-order valence-corrected chi connectivity index (χ2v) is 6.31. The summed E-state index contributed by atoms with van der Waals surface area (Å²) in [6.45, 7) is 7.83. The summed E-state index contributed by atoms with van der Waals surface area (Å²) >= 11 is 0. The Hall–Kier alpha value is -3.54. The highest BCUT2D eigenvalue weighted by atomic mass is 16.5. The van der Waals surface area contributed by atoms with Crippen LogP contribution in [0.15, 0.2) is 79.5 Å². The molecule has 144 valence electrons. The fourth-order valence-corrected chi connectivity index (χ4v) is 3.06. The third kappa shape index (κ3) is 4.40. The Labute approximate surface area is 163 Å². The number of nitrogens with one attached hydrogen (secondary N) is 2. The molecule has 6 heteroatoms. The Morgan fingerprint density at radius 1 is 1.11 bits per heavy atom. The van der Waals surface area contributed by atoms with Crippen LogP contribution in [0.5, 0.6) is 5.75 Å². The molecule has 2 amide bonds. The number of benzene rings is 2. The monoisotopic (exact) mass is 378 g/mol. The van der Waals surface area contributed by atoms with Crippen molar-refractivity contribution >= 4 is 12.0 Å². The van der Waals surface area contributed by atoms with Crippen LogP contribution in [-0.2, 0) is 16.1 Å². The SMILES string of the molecule is C=CCOC(=O)[C@@H]1C(=C)NC(=O)N[C@H]1c1ccccc1OCc1ccccc1. The van der Waals surface area contributed by atoms with Gasteiger partial charge in [0.05, 0.1) is 6.04 Å². The smallest absolute Gasteiger partial charge is 0.319 e. The van der Waals surface area contributed by atoms with Crippen molar-refractivity contribution in [3.63, 3.8) is 0 Å². The third-order valence-electron chi connectivity index (χ3n) is 4.36. The topological polar surface area (TPSA) is 76.7 Å². The van der Waals surface area contributed by atoms with Crippen molar-refractivity contribution in [3.05, 3.63) is 90.7 Å². The molecule has 3 rings (SSSR count). The predicted octanol–water partition coefficient (Wildman–Crippen LogP) is 3.48. The molecular weight excluding hydrogens is 356 g/mol. The van der Waals surface area contributed by atoms with Gasteiger partial charge in [-0.15, -0.1) is 0 Å². The fourth-order valence-electron chi connectivity index (χ4n) is 3.06. The number of ether oxygens (including phenoxy) is 2. The minimum Gasteiger partial charge on any atom is -0.489 e. The molecule has 1 fully saturated rings. The molecule has 2 atom stereocenters. The first-order valence-electron chi connectivity index (χ1n) is 8.89. The van der Waals surface area contributed by atoms with Gasteiger partial charge in [-0.3, -0.25) is 4.79 Å². The van der Waals surface area contributed by atoms with E-state index in [-0.39, 0.29) is 12.3 Å². The lowest BCUT2D eigenvalue weighted by Gasteiger charge is -2.33. The van der Waals surface area contributed by atoms with Crippen molar-refractivity contribution < 1.29 is 19.1 Å². The number of para-hydroxylation sites is 1. The van der Waals surface area contributed by atoms with Crippen LogP contribution in [-0.4, -0.2) is 18.6 Å². The highest BCUT2D eigenvalue weighted by molar-refractivity contribution is 5.85. The molecule has 0 spiro atoms. The van der Waals surface area contributed by atoms with Gasteiger partial charge in [0.15, 0.2) is 0 Å². The van der Waals surface area contributed by atoms with E-state index in [2.05, 4.69) is 23.8 Å². The summed E-state index contributed by atoms with van der Waals surface area (Å²) in [7, 11) is 0. The number of carbonyl (C=O) groups excluding carboxylic acids is 2. The first kappa shape index (κ1) is 19.2. The predicted molar refractivity (Wildman–Crippen MR) is 105 cm³/mol. The van der Waals surface area contributed by atoms with Crippen LogP contribution in [0.4, 0.5) is 4.79 Å². The van der Waals surface area contributed by atoms with Crippen LogP contribution in [0.2, 0.25) is 0 Å². The average Bonchev–Trinajstić information content (AvgIpc) is 2.71.